The molecular weight excluding hydrogens is 402 g/mol. The molecule has 29 heavy (non-hydrogen) atoms. The van der Waals surface area contributed by atoms with E-state index in [9.17, 15) is 10.1 Å². The van der Waals surface area contributed by atoms with Crippen LogP contribution >= 0.6 is 23.6 Å². The summed E-state index contributed by atoms with van der Waals surface area (Å²) in [6, 6.07) is 9.32. The minimum atomic E-state index is -0.314. The van der Waals surface area contributed by atoms with Crippen molar-refractivity contribution in [3.8, 4) is 11.8 Å². The van der Waals surface area contributed by atoms with Gasteiger partial charge in [-0.05, 0) is 67.1 Å². The molecule has 1 heterocycles. The third-order valence-electron chi connectivity index (χ3n) is 4.76. The maximum atomic E-state index is 12.6. The Bertz CT molecular complexity index is 959. The lowest BCUT2D eigenvalue weighted by Gasteiger charge is -2.17. The molecule has 1 amide bonds. The van der Waals surface area contributed by atoms with Gasteiger partial charge in [-0.25, -0.2) is 0 Å². The summed E-state index contributed by atoms with van der Waals surface area (Å²) in [5.41, 5.74) is 2.25. The van der Waals surface area contributed by atoms with Crippen LogP contribution in [0.5, 0.6) is 5.75 Å². The molecule has 1 aromatic heterocycles. The molecule has 0 radical (unpaired) electrons. The van der Waals surface area contributed by atoms with Crippen molar-refractivity contribution in [1.82, 2.24) is 5.32 Å². The van der Waals surface area contributed by atoms with Crippen molar-refractivity contribution in [2.75, 3.05) is 11.9 Å². The number of benzene rings is 1. The fourth-order valence-corrected chi connectivity index (χ4v) is 4.88. The lowest BCUT2D eigenvalue weighted by atomic mass is 9.89. The van der Waals surface area contributed by atoms with Crippen molar-refractivity contribution >= 4 is 39.6 Å². The van der Waals surface area contributed by atoms with Crippen LogP contribution in [-0.4, -0.2) is 17.6 Å². The van der Waals surface area contributed by atoms with Crippen molar-refractivity contribution < 1.29 is 9.53 Å². The molecule has 152 valence electrons. The lowest BCUT2D eigenvalue weighted by molar-refractivity contribution is 0.0977. The number of rotatable bonds is 5. The number of anilines is 1. The molecule has 1 aliphatic carbocycles. The summed E-state index contributed by atoms with van der Waals surface area (Å²) >= 11 is 6.89. The molecule has 0 saturated heterocycles. The van der Waals surface area contributed by atoms with Crippen LogP contribution in [-0.2, 0) is 12.8 Å². The Labute approximate surface area is 181 Å². The van der Waals surface area contributed by atoms with Crippen LogP contribution in [0, 0.1) is 23.2 Å². The third kappa shape index (κ3) is 5.34. The molecule has 1 unspecified atom stereocenters. The molecule has 1 atom stereocenters. The summed E-state index contributed by atoms with van der Waals surface area (Å²) in [6.07, 6.45) is 2.99. The standard InChI is InChI=1S/C22H25N3O2S2/c1-13(2)12-27-16-6-4-5-15(10-16)20(26)24-22(28)25-21-18(11-23)17-8-7-14(3)9-19(17)29-21/h4-6,10,13-14H,7-9,12H2,1-3H3,(H2,24,25,26,28). The largest absolute Gasteiger partial charge is 0.493 e. The average molecular weight is 428 g/mol. The second kappa shape index (κ2) is 9.38. The van der Waals surface area contributed by atoms with Crippen molar-refractivity contribution in [2.45, 2.75) is 40.0 Å². The Balaban J connectivity index is 1.66. The Morgan fingerprint density at radius 1 is 1.45 bits per heavy atom. The van der Waals surface area contributed by atoms with Gasteiger partial charge in [-0.3, -0.25) is 10.1 Å². The molecule has 2 N–H and O–H groups in total. The van der Waals surface area contributed by atoms with E-state index in [1.807, 2.05) is 6.07 Å². The van der Waals surface area contributed by atoms with Crippen LogP contribution in [0.25, 0.3) is 0 Å². The lowest BCUT2D eigenvalue weighted by Crippen LogP contribution is -2.34. The average Bonchev–Trinajstić information content (AvgIpc) is 3.02. The molecule has 0 spiro atoms. The number of nitrogens with zero attached hydrogens (tertiary/aromatic N) is 1. The molecule has 3 rings (SSSR count). The van der Waals surface area contributed by atoms with Gasteiger partial charge in [-0.15, -0.1) is 11.3 Å². The van der Waals surface area contributed by atoms with Gasteiger partial charge in [-0.2, -0.15) is 5.26 Å². The zero-order valence-electron chi connectivity index (χ0n) is 16.9. The monoisotopic (exact) mass is 427 g/mol. The zero-order valence-corrected chi connectivity index (χ0v) is 18.5. The number of carbonyl (C=O) groups excluding carboxylic acids is 1. The van der Waals surface area contributed by atoms with E-state index in [0.29, 0.717) is 40.3 Å². The van der Waals surface area contributed by atoms with Crippen molar-refractivity contribution in [2.24, 2.45) is 11.8 Å². The zero-order chi connectivity index (χ0) is 21.0. The highest BCUT2D eigenvalue weighted by Crippen LogP contribution is 2.39. The highest BCUT2D eigenvalue weighted by Gasteiger charge is 2.24. The van der Waals surface area contributed by atoms with Crippen LogP contribution in [0.2, 0.25) is 0 Å². The molecule has 0 bridgehead atoms. The quantitative estimate of drug-likeness (QED) is 0.664. The topological polar surface area (TPSA) is 74.2 Å². The first-order chi connectivity index (χ1) is 13.9. The number of carbonyl (C=O) groups is 1. The number of thiophene rings is 1. The van der Waals surface area contributed by atoms with Crippen LogP contribution in [0.4, 0.5) is 5.00 Å². The second-order valence-corrected chi connectivity index (χ2v) is 9.32. The summed E-state index contributed by atoms with van der Waals surface area (Å²) in [4.78, 5) is 13.8. The molecule has 0 aliphatic heterocycles. The van der Waals surface area contributed by atoms with Gasteiger partial charge in [0, 0.05) is 10.4 Å². The van der Waals surface area contributed by atoms with Crippen LogP contribution < -0.4 is 15.4 Å². The van der Waals surface area contributed by atoms with Gasteiger partial charge in [0.05, 0.1) is 12.2 Å². The first-order valence-corrected chi connectivity index (χ1v) is 11.0. The van der Waals surface area contributed by atoms with Gasteiger partial charge in [-0.1, -0.05) is 26.8 Å². The van der Waals surface area contributed by atoms with Gasteiger partial charge in [0.1, 0.15) is 16.8 Å². The number of hydrogen-bond donors (Lipinski definition) is 2. The Morgan fingerprint density at radius 3 is 2.97 bits per heavy atom. The summed E-state index contributed by atoms with van der Waals surface area (Å²) in [6.45, 7) is 6.95. The minimum absolute atomic E-state index is 0.187. The van der Waals surface area contributed by atoms with Gasteiger partial charge < -0.3 is 10.1 Å². The molecule has 1 aromatic carbocycles. The number of hydrogen-bond acceptors (Lipinski definition) is 5. The number of amides is 1. The molecule has 2 aromatic rings. The van der Waals surface area contributed by atoms with Gasteiger partial charge in [0.2, 0.25) is 0 Å². The summed E-state index contributed by atoms with van der Waals surface area (Å²) < 4.78 is 5.68. The van der Waals surface area contributed by atoms with E-state index in [0.717, 1.165) is 24.8 Å². The number of fused-ring (bicyclic) bond motifs is 1. The van der Waals surface area contributed by atoms with E-state index in [-0.39, 0.29) is 11.0 Å². The van der Waals surface area contributed by atoms with Crippen molar-refractivity contribution in [3.05, 3.63) is 45.8 Å². The van der Waals surface area contributed by atoms with Crippen LogP contribution in [0.15, 0.2) is 24.3 Å². The predicted octanol–water partition coefficient (Wildman–Crippen LogP) is 4.91. The normalized spacial score (nSPS) is 15.3. The smallest absolute Gasteiger partial charge is 0.257 e. The summed E-state index contributed by atoms with van der Waals surface area (Å²) in [7, 11) is 0. The van der Waals surface area contributed by atoms with E-state index >= 15 is 0 Å². The van der Waals surface area contributed by atoms with E-state index in [1.54, 1.807) is 29.5 Å². The Hall–Kier alpha value is -2.43. The SMILES string of the molecule is CC(C)COc1cccc(C(=O)NC(=S)Nc2sc3c(c2C#N)CCC(C)C3)c1. The fourth-order valence-electron chi connectivity index (χ4n) is 3.26. The molecule has 0 saturated carbocycles. The highest BCUT2D eigenvalue weighted by molar-refractivity contribution is 7.80. The Morgan fingerprint density at radius 2 is 2.24 bits per heavy atom. The maximum Gasteiger partial charge on any atom is 0.257 e. The maximum absolute atomic E-state index is 12.6. The third-order valence-corrected chi connectivity index (χ3v) is 6.13. The Kier molecular flexibility index (Phi) is 6.88. The minimum Gasteiger partial charge on any atom is -0.493 e. The van der Waals surface area contributed by atoms with Crippen LogP contribution in [0.3, 0.4) is 0 Å². The highest BCUT2D eigenvalue weighted by atomic mass is 32.1. The number of nitriles is 1. The first kappa shape index (κ1) is 21.3. The van der Waals surface area contributed by atoms with Gasteiger partial charge in [0.15, 0.2) is 5.11 Å². The van der Waals surface area contributed by atoms with E-state index in [4.69, 9.17) is 17.0 Å². The van der Waals surface area contributed by atoms with E-state index in [1.165, 1.54) is 4.88 Å². The van der Waals surface area contributed by atoms with E-state index in [2.05, 4.69) is 37.5 Å². The predicted molar refractivity (Wildman–Crippen MR) is 121 cm³/mol. The molecule has 1 aliphatic rings. The van der Waals surface area contributed by atoms with Crippen LogP contribution in [0.1, 0.15) is 53.6 Å². The molecule has 7 heteroatoms. The fraction of sp³-hybridized carbons (Fsp3) is 0.409. The van der Waals surface area contributed by atoms with Gasteiger partial charge >= 0.3 is 0 Å². The molecule has 5 nitrogen and oxygen atoms in total. The van der Waals surface area contributed by atoms with E-state index < -0.39 is 0 Å². The van der Waals surface area contributed by atoms with Crippen molar-refractivity contribution in [1.29, 1.82) is 5.26 Å². The first-order valence-electron chi connectivity index (χ1n) is 9.77. The summed E-state index contributed by atoms with van der Waals surface area (Å²) in [5.74, 6) is 1.36. The summed E-state index contributed by atoms with van der Waals surface area (Å²) in [5, 5.41) is 16.2. The molecular formula is C22H25N3O2S2. The number of nitrogens with one attached hydrogen (secondary N) is 2. The molecule has 0 fully saturated rings. The van der Waals surface area contributed by atoms with Crippen molar-refractivity contribution in [3.63, 3.8) is 0 Å². The number of ether oxygens (including phenoxy) is 1. The second-order valence-electron chi connectivity index (χ2n) is 7.81. The number of thiocarbonyl (C=S) groups is 1. The van der Waals surface area contributed by atoms with Gasteiger partial charge in [0.25, 0.3) is 5.91 Å².